The van der Waals surface area contributed by atoms with E-state index in [1.165, 1.54) is 40.4 Å². The summed E-state index contributed by atoms with van der Waals surface area (Å²) in [6.45, 7) is 7.63. The van der Waals surface area contributed by atoms with Crippen molar-refractivity contribution in [2.75, 3.05) is 4.43 Å². The standard InChI is InChI=1S/C22H36I/c1-4-5-13(2)14(3)16-8-9-23-21-10-15-6-7-17(21)18-11-19(16)22(15)12-20(18)22/h13-21H,4-12H2,1-3H3/q-1/t13-,14-,15?,16?,17?,18?,19?,20?,21+,22?/m0/s1. The summed E-state index contributed by atoms with van der Waals surface area (Å²) in [6, 6.07) is 0. The molecule has 10 atom stereocenters. The molecule has 0 aromatic carbocycles. The summed E-state index contributed by atoms with van der Waals surface area (Å²) in [6.07, 6.45) is 12.8. The molecule has 6 bridgehead atoms. The Balaban J connectivity index is 1.49. The molecule has 5 aliphatic carbocycles. The van der Waals surface area contributed by atoms with Gasteiger partial charge in [0.2, 0.25) is 0 Å². The van der Waals surface area contributed by atoms with Crippen LogP contribution in [0.5, 0.6) is 0 Å². The average molecular weight is 427 g/mol. The molecule has 0 aromatic rings. The van der Waals surface area contributed by atoms with Crippen LogP contribution in [0.15, 0.2) is 0 Å². The maximum absolute atomic E-state index is 2.66. The third-order valence-corrected chi connectivity index (χ3v) is 13.4. The molecule has 0 radical (unpaired) electrons. The maximum atomic E-state index is 2.66. The SMILES string of the molecule is CCC[C@H](C)[C@H](C)C1CC[I-][C@@H]2CC3CCC2C2CC1C31CC21. The molecule has 7 fully saturated rings. The van der Waals surface area contributed by atoms with Crippen molar-refractivity contribution in [3.63, 3.8) is 0 Å². The first-order chi connectivity index (χ1) is 11.2. The monoisotopic (exact) mass is 427 g/mol. The minimum absolute atomic E-state index is 0.507. The van der Waals surface area contributed by atoms with E-state index in [9.17, 15) is 0 Å². The fraction of sp³-hybridized carbons (Fsp3) is 1.00. The van der Waals surface area contributed by atoms with E-state index in [-0.39, 0.29) is 0 Å². The topological polar surface area (TPSA) is 0 Å². The van der Waals surface area contributed by atoms with Crippen LogP contribution in [0.2, 0.25) is 0 Å². The van der Waals surface area contributed by atoms with E-state index < -0.39 is 0 Å². The van der Waals surface area contributed by atoms with Crippen LogP contribution in [-0.2, 0) is 0 Å². The molecule has 0 N–H and O–H groups in total. The number of hydrogen-bond donors (Lipinski definition) is 0. The Morgan fingerprint density at radius 2 is 1.91 bits per heavy atom. The molecule has 7 rings (SSSR count). The summed E-state index contributed by atoms with van der Waals surface area (Å²) in [5.74, 6) is 9.02. The van der Waals surface area contributed by atoms with E-state index in [1.807, 2.05) is 0 Å². The first-order valence-electron chi connectivity index (χ1n) is 10.7. The Morgan fingerprint density at radius 1 is 1.04 bits per heavy atom. The molecule has 1 spiro atoms. The molecule has 0 aromatic heterocycles. The second-order valence-corrected chi connectivity index (χ2v) is 13.6. The van der Waals surface area contributed by atoms with Crippen LogP contribution in [0.4, 0.5) is 0 Å². The van der Waals surface area contributed by atoms with Gasteiger partial charge in [-0.3, -0.25) is 0 Å². The van der Waals surface area contributed by atoms with Gasteiger partial charge in [-0.25, -0.2) is 0 Å². The fourth-order valence-electron chi connectivity index (χ4n) is 8.38. The van der Waals surface area contributed by atoms with E-state index in [0.717, 1.165) is 29.1 Å². The summed E-state index contributed by atoms with van der Waals surface area (Å²) in [7, 11) is 0. The number of hydrogen-bond acceptors (Lipinski definition) is 0. The van der Waals surface area contributed by atoms with Gasteiger partial charge >= 0.3 is 154 Å². The van der Waals surface area contributed by atoms with Crippen molar-refractivity contribution in [2.45, 2.75) is 76.1 Å². The zero-order valence-corrected chi connectivity index (χ0v) is 17.6. The van der Waals surface area contributed by atoms with Crippen molar-refractivity contribution in [3.05, 3.63) is 0 Å². The molecular formula is C22H36I-. The van der Waals surface area contributed by atoms with Gasteiger partial charge in [0.05, 0.1) is 0 Å². The predicted octanol–water partition coefficient (Wildman–Crippen LogP) is 2.61. The molecule has 0 amide bonds. The molecule has 7 unspecified atom stereocenters. The van der Waals surface area contributed by atoms with Crippen molar-refractivity contribution >= 4 is 0 Å². The number of rotatable bonds is 4. The minimum atomic E-state index is 0.507. The summed E-state index contributed by atoms with van der Waals surface area (Å²) in [5, 5.41) is 0. The molecule has 2 heterocycles. The Labute approximate surface area is 154 Å². The van der Waals surface area contributed by atoms with Crippen LogP contribution in [0.3, 0.4) is 0 Å². The Hall–Kier alpha value is 0.730. The van der Waals surface area contributed by atoms with Crippen LogP contribution in [0, 0.1) is 52.8 Å². The van der Waals surface area contributed by atoms with E-state index >= 15 is 0 Å². The van der Waals surface area contributed by atoms with Gasteiger partial charge in [0, 0.05) is 0 Å². The first-order valence-corrected chi connectivity index (χ1v) is 13.5. The third kappa shape index (κ3) is 2.13. The van der Waals surface area contributed by atoms with Crippen molar-refractivity contribution in [2.24, 2.45) is 52.8 Å². The number of fused-ring (bicyclic) bond motifs is 4. The molecule has 2 aliphatic heterocycles. The molecule has 2 saturated heterocycles. The van der Waals surface area contributed by atoms with Crippen LogP contribution in [0.25, 0.3) is 0 Å². The van der Waals surface area contributed by atoms with Crippen molar-refractivity contribution in [1.29, 1.82) is 0 Å². The molecule has 23 heavy (non-hydrogen) atoms. The van der Waals surface area contributed by atoms with Crippen LogP contribution in [0.1, 0.15) is 72.1 Å². The van der Waals surface area contributed by atoms with Gasteiger partial charge in [-0.1, -0.05) is 0 Å². The molecular weight excluding hydrogens is 391 g/mol. The van der Waals surface area contributed by atoms with E-state index in [1.54, 1.807) is 43.0 Å². The molecule has 132 valence electrons. The van der Waals surface area contributed by atoms with Crippen LogP contribution in [-0.4, -0.2) is 8.35 Å². The van der Waals surface area contributed by atoms with Gasteiger partial charge in [-0.2, -0.15) is 0 Å². The van der Waals surface area contributed by atoms with Crippen LogP contribution >= 0.6 is 0 Å². The van der Waals surface area contributed by atoms with Gasteiger partial charge < -0.3 is 0 Å². The van der Waals surface area contributed by atoms with Crippen molar-refractivity contribution in [1.82, 2.24) is 0 Å². The normalized spacial score (nSPS) is 56.0. The van der Waals surface area contributed by atoms with Crippen molar-refractivity contribution in [3.8, 4) is 0 Å². The van der Waals surface area contributed by atoms with E-state index in [0.29, 0.717) is 21.2 Å². The number of alkyl halides is 2. The second-order valence-electron chi connectivity index (χ2n) is 10.0. The Kier molecular flexibility index (Phi) is 3.89. The quantitative estimate of drug-likeness (QED) is 0.478. The van der Waals surface area contributed by atoms with Crippen molar-refractivity contribution < 1.29 is 21.2 Å². The molecule has 1 heteroatoms. The van der Waals surface area contributed by atoms with Gasteiger partial charge in [0.15, 0.2) is 0 Å². The zero-order valence-electron chi connectivity index (χ0n) is 15.4. The van der Waals surface area contributed by atoms with Gasteiger partial charge in [0.25, 0.3) is 0 Å². The second kappa shape index (κ2) is 5.61. The first kappa shape index (κ1) is 15.9. The Morgan fingerprint density at radius 3 is 2.74 bits per heavy atom. The average Bonchev–Trinajstić information content (AvgIpc) is 3.22. The zero-order chi connectivity index (χ0) is 15.8. The van der Waals surface area contributed by atoms with E-state index in [4.69, 9.17) is 0 Å². The fourth-order valence-corrected chi connectivity index (χ4v) is 12.8. The molecule has 0 nitrogen and oxygen atoms in total. The Bertz CT molecular complexity index is 473. The summed E-state index contributed by atoms with van der Waals surface area (Å²) in [5.41, 5.74) is 0.896. The molecule has 5 saturated carbocycles. The summed E-state index contributed by atoms with van der Waals surface area (Å²) < 4.78 is 2.93. The summed E-state index contributed by atoms with van der Waals surface area (Å²) >= 11 is 0.507. The van der Waals surface area contributed by atoms with Gasteiger partial charge in [-0.05, 0) is 0 Å². The van der Waals surface area contributed by atoms with E-state index in [2.05, 4.69) is 20.8 Å². The van der Waals surface area contributed by atoms with Gasteiger partial charge in [0.1, 0.15) is 0 Å². The molecule has 7 aliphatic rings. The van der Waals surface area contributed by atoms with Crippen LogP contribution < -0.4 is 21.2 Å². The third-order valence-electron chi connectivity index (χ3n) is 9.55. The number of halogens is 1. The predicted molar refractivity (Wildman–Crippen MR) is 93.0 cm³/mol. The summed E-state index contributed by atoms with van der Waals surface area (Å²) in [4.78, 5) is 0. The van der Waals surface area contributed by atoms with Gasteiger partial charge in [-0.15, -0.1) is 0 Å².